The van der Waals surface area contributed by atoms with E-state index in [1.54, 1.807) is 11.3 Å². The zero-order chi connectivity index (χ0) is 22.4. The van der Waals surface area contributed by atoms with Gasteiger partial charge in [0.05, 0.1) is 23.3 Å². The molecule has 1 atom stereocenters. The first-order valence-electron chi connectivity index (χ1n) is 11.3. The van der Waals surface area contributed by atoms with Crippen LogP contribution < -0.4 is 4.74 Å². The predicted molar refractivity (Wildman–Crippen MR) is 141 cm³/mol. The Morgan fingerprint density at radius 2 is 1.67 bits per heavy atom. The average Bonchev–Trinajstić information content (AvgIpc) is 3.42. The smallest absolute Gasteiger partial charge is 0.199 e. The van der Waals surface area contributed by atoms with Crippen LogP contribution in [0.5, 0.6) is 5.75 Å². The van der Waals surface area contributed by atoms with E-state index in [0.29, 0.717) is 0 Å². The first-order valence-corrected chi connectivity index (χ1v) is 13.1. The molecule has 0 amide bonds. The van der Waals surface area contributed by atoms with Gasteiger partial charge in [-0.2, -0.15) is 11.3 Å². The Balaban J connectivity index is 1.67. The first kappa shape index (κ1) is 21.0. The number of rotatable bonds is 4. The minimum absolute atomic E-state index is 0.232. The van der Waals surface area contributed by atoms with Gasteiger partial charge in [0, 0.05) is 38.2 Å². The second kappa shape index (κ2) is 8.64. The van der Waals surface area contributed by atoms with Gasteiger partial charge in [0.2, 0.25) is 0 Å². The van der Waals surface area contributed by atoms with Gasteiger partial charge in [-0.25, -0.2) is 0 Å². The minimum Gasteiger partial charge on any atom is -0.462 e. The van der Waals surface area contributed by atoms with Gasteiger partial charge in [0.15, 0.2) is 12.0 Å². The summed E-state index contributed by atoms with van der Waals surface area (Å²) < 4.78 is 16.2. The first-order chi connectivity index (χ1) is 16.2. The molecule has 3 heterocycles. The molecule has 1 saturated heterocycles. The molecule has 0 saturated carbocycles. The highest BCUT2D eigenvalue weighted by molar-refractivity contribution is 9.10. The Bertz CT molecular complexity index is 1410. The van der Waals surface area contributed by atoms with Crippen molar-refractivity contribution in [2.24, 2.45) is 0 Å². The van der Waals surface area contributed by atoms with E-state index in [4.69, 9.17) is 9.47 Å². The van der Waals surface area contributed by atoms with Gasteiger partial charge in [-0.15, -0.1) is 0 Å². The molecule has 5 aromatic rings. The van der Waals surface area contributed by atoms with E-state index in [-0.39, 0.29) is 6.29 Å². The summed E-state index contributed by atoms with van der Waals surface area (Å²) in [4.78, 5) is 0. The molecule has 0 aliphatic carbocycles. The molecule has 1 aliphatic rings. The van der Waals surface area contributed by atoms with Crippen LogP contribution in [0.2, 0.25) is 0 Å². The molecule has 6 rings (SSSR count). The van der Waals surface area contributed by atoms with Gasteiger partial charge >= 0.3 is 0 Å². The largest absolute Gasteiger partial charge is 0.462 e. The zero-order valence-corrected chi connectivity index (χ0v) is 20.8. The third kappa shape index (κ3) is 3.68. The van der Waals surface area contributed by atoms with Crippen molar-refractivity contribution in [1.82, 2.24) is 4.57 Å². The van der Waals surface area contributed by atoms with Crippen LogP contribution in [0.3, 0.4) is 0 Å². The molecule has 1 fully saturated rings. The fourth-order valence-corrected chi connectivity index (χ4v) is 6.34. The van der Waals surface area contributed by atoms with E-state index in [9.17, 15) is 0 Å². The van der Waals surface area contributed by atoms with E-state index in [1.165, 1.54) is 27.4 Å². The number of ether oxygens (including phenoxy) is 2. The molecule has 0 N–H and O–H groups in total. The number of aromatic nitrogens is 1. The molecular weight excluding hydrogens is 494 g/mol. The second-order valence-corrected chi connectivity index (χ2v) is 10.2. The van der Waals surface area contributed by atoms with Crippen LogP contribution in [0, 0.1) is 6.92 Å². The fourth-order valence-electron chi connectivity index (χ4n) is 4.84. The minimum atomic E-state index is -0.232. The van der Waals surface area contributed by atoms with E-state index in [2.05, 4.69) is 98.8 Å². The molecule has 5 heteroatoms. The van der Waals surface area contributed by atoms with Crippen molar-refractivity contribution in [3.8, 4) is 22.6 Å². The van der Waals surface area contributed by atoms with Gasteiger partial charge in [-0.05, 0) is 70.9 Å². The lowest BCUT2D eigenvalue weighted by atomic mass is 10.0. The van der Waals surface area contributed by atoms with Gasteiger partial charge < -0.3 is 14.0 Å². The van der Waals surface area contributed by atoms with E-state index < -0.39 is 0 Å². The maximum atomic E-state index is 6.71. The van der Waals surface area contributed by atoms with E-state index >= 15 is 0 Å². The normalized spacial score (nSPS) is 16.5. The third-order valence-corrected chi connectivity index (χ3v) is 8.03. The summed E-state index contributed by atoms with van der Waals surface area (Å²) in [7, 11) is 0. The lowest BCUT2D eigenvalue weighted by Crippen LogP contribution is -2.25. The summed E-state index contributed by atoms with van der Waals surface area (Å²) in [6.07, 6.45) is 2.89. The summed E-state index contributed by atoms with van der Waals surface area (Å²) in [5.41, 5.74) is 6.83. The molecule has 1 aliphatic heterocycles. The van der Waals surface area contributed by atoms with Crippen LogP contribution in [0.4, 0.5) is 0 Å². The Morgan fingerprint density at radius 1 is 0.939 bits per heavy atom. The molecule has 33 heavy (non-hydrogen) atoms. The molecule has 2 aromatic heterocycles. The molecule has 1 unspecified atom stereocenters. The lowest BCUT2D eigenvalue weighted by molar-refractivity contribution is -0.105. The van der Waals surface area contributed by atoms with Crippen molar-refractivity contribution in [2.45, 2.75) is 32.5 Å². The maximum absolute atomic E-state index is 6.71. The van der Waals surface area contributed by atoms with Crippen LogP contribution in [0.25, 0.3) is 38.6 Å². The second-order valence-electron chi connectivity index (χ2n) is 8.58. The van der Waals surface area contributed by atoms with Crippen LogP contribution in [0.1, 0.15) is 24.8 Å². The predicted octanol–water partition coefficient (Wildman–Crippen LogP) is 8.49. The van der Waals surface area contributed by atoms with Crippen molar-refractivity contribution in [2.75, 3.05) is 6.61 Å². The number of thiophene rings is 1. The van der Waals surface area contributed by atoms with Gasteiger partial charge in [0.1, 0.15) is 0 Å². The van der Waals surface area contributed by atoms with Gasteiger partial charge in [0.25, 0.3) is 0 Å². The Kier molecular flexibility index (Phi) is 5.49. The standard InChI is InChI=1S/C28H24BrNO2S/c1-18-14-21(22-16-33-17-23(22)29)28(32-27-12-6-7-13-31-27)26(15-18)30-24-10-4-2-8-19(24)20-9-3-5-11-25(20)30/h2-5,8-11,14-17,27H,6-7,12-13H2,1H3. The summed E-state index contributed by atoms with van der Waals surface area (Å²) in [6, 6.07) is 21.7. The molecule has 3 aromatic carbocycles. The van der Waals surface area contributed by atoms with E-state index in [1.807, 2.05) is 0 Å². The summed E-state index contributed by atoms with van der Waals surface area (Å²) >= 11 is 5.45. The number of nitrogens with zero attached hydrogens (tertiary/aromatic N) is 1. The van der Waals surface area contributed by atoms with E-state index in [0.717, 1.165) is 52.9 Å². The van der Waals surface area contributed by atoms with Crippen molar-refractivity contribution in [3.05, 3.63) is 81.5 Å². The molecule has 0 spiro atoms. The highest BCUT2D eigenvalue weighted by Gasteiger charge is 2.24. The van der Waals surface area contributed by atoms with Crippen molar-refractivity contribution < 1.29 is 9.47 Å². The highest BCUT2D eigenvalue weighted by Crippen LogP contribution is 2.44. The zero-order valence-electron chi connectivity index (χ0n) is 18.4. The summed E-state index contributed by atoms with van der Waals surface area (Å²) in [6.45, 7) is 2.90. The highest BCUT2D eigenvalue weighted by atomic mass is 79.9. The Hall–Kier alpha value is -2.60. The number of hydrogen-bond acceptors (Lipinski definition) is 3. The Labute approximate surface area is 205 Å². The summed E-state index contributed by atoms with van der Waals surface area (Å²) in [5.74, 6) is 0.873. The Morgan fingerprint density at radius 3 is 2.30 bits per heavy atom. The molecule has 166 valence electrons. The number of aryl methyl sites for hydroxylation is 1. The molecular formula is C28H24BrNO2S. The average molecular weight is 518 g/mol. The third-order valence-electron chi connectivity index (χ3n) is 6.33. The van der Waals surface area contributed by atoms with Crippen LogP contribution in [0.15, 0.2) is 75.9 Å². The number of benzene rings is 3. The monoisotopic (exact) mass is 517 g/mol. The van der Waals surface area contributed by atoms with Crippen LogP contribution in [-0.2, 0) is 4.74 Å². The molecule has 3 nitrogen and oxygen atoms in total. The van der Waals surface area contributed by atoms with Crippen LogP contribution >= 0.6 is 27.3 Å². The number of hydrogen-bond donors (Lipinski definition) is 0. The van der Waals surface area contributed by atoms with Crippen molar-refractivity contribution in [1.29, 1.82) is 0 Å². The maximum Gasteiger partial charge on any atom is 0.199 e. The van der Waals surface area contributed by atoms with Gasteiger partial charge in [-0.1, -0.05) is 36.4 Å². The number of para-hydroxylation sites is 2. The topological polar surface area (TPSA) is 23.4 Å². The van der Waals surface area contributed by atoms with Crippen LogP contribution in [-0.4, -0.2) is 17.5 Å². The summed E-state index contributed by atoms with van der Waals surface area (Å²) in [5, 5.41) is 6.79. The molecule has 0 radical (unpaired) electrons. The number of fused-ring (bicyclic) bond motifs is 3. The lowest BCUT2D eigenvalue weighted by Gasteiger charge is -2.27. The van der Waals surface area contributed by atoms with Gasteiger partial charge in [-0.3, -0.25) is 0 Å². The molecule has 0 bridgehead atoms. The SMILES string of the molecule is Cc1cc(-c2cscc2Br)c(OC2CCCCO2)c(-n2c3ccccc3c3ccccc32)c1. The van der Waals surface area contributed by atoms with Crippen molar-refractivity contribution in [3.63, 3.8) is 0 Å². The van der Waals surface area contributed by atoms with Crippen molar-refractivity contribution >= 4 is 49.1 Å². The number of halogens is 1. The fraction of sp³-hybridized carbons (Fsp3) is 0.214. The quantitative estimate of drug-likeness (QED) is 0.238.